The number of carbonyl (C=O) groups is 1. The third-order valence-corrected chi connectivity index (χ3v) is 10.8. The highest BCUT2D eigenvalue weighted by Gasteiger charge is 2.43. The Bertz CT molecular complexity index is 1990. The molecule has 0 spiro atoms. The average molecular weight is 711 g/mol. The van der Waals surface area contributed by atoms with Crippen LogP contribution in [-0.4, -0.2) is 77.0 Å². The van der Waals surface area contributed by atoms with Gasteiger partial charge in [-0.25, -0.2) is 0 Å². The second kappa shape index (κ2) is 14.6. The first kappa shape index (κ1) is 35.5. The number of benzene rings is 3. The number of nitrogens with one attached hydrogen (secondary N) is 2. The number of piperazine rings is 1. The number of aromatic nitrogens is 1. The lowest BCUT2D eigenvalue weighted by atomic mass is 9.88. The second-order valence-corrected chi connectivity index (χ2v) is 14.1. The number of fused-ring (bicyclic) bond motifs is 3. The number of aryl methyl sites for hydroxylation is 1. The van der Waals surface area contributed by atoms with Gasteiger partial charge < -0.3 is 25.7 Å². The van der Waals surface area contributed by atoms with E-state index in [1.54, 1.807) is 30.3 Å². The van der Waals surface area contributed by atoms with E-state index in [2.05, 4.69) is 60.1 Å². The SMILES string of the molecule is N#Cc1cccc(C#N)c1CN1CC2CC1CN2Cc1ccc2c(c1)c(-c1ccc(OC(F)(F)F)cc1)cn2CCCNC(=O)C1(N)CCNCC1. The van der Waals surface area contributed by atoms with Crippen LogP contribution < -0.4 is 21.1 Å². The Morgan fingerprint density at radius 2 is 1.65 bits per heavy atom. The van der Waals surface area contributed by atoms with Crippen molar-refractivity contribution in [3.8, 4) is 29.0 Å². The molecule has 1 aromatic heterocycles. The standard InChI is InChI=1S/C39H41F3N8O2/c40-39(41,42)52-32-8-6-27(7-9-32)35-25-48(16-2-13-47-37(51)38(45)11-14-46-15-12-38)36-10-5-26(17-33(35)36)21-49-22-31-18-30(49)23-50(31)24-34-28(19-43)3-1-4-29(34)20-44/h1,3-10,17,25,30-31,46H,2,11-16,18,21-24,45H2,(H,47,51). The van der Waals surface area contributed by atoms with Crippen LogP contribution in [0.25, 0.3) is 22.0 Å². The van der Waals surface area contributed by atoms with Gasteiger partial charge in [-0.2, -0.15) is 10.5 Å². The fourth-order valence-electron chi connectivity index (χ4n) is 8.04. The van der Waals surface area contributed by atoms with Crippen LogP contribution in [0.3, 0.4) is 0 Å². The Morgan fingerprint density at radius 1 is 0.981 bits per heavy atom. The summed E-state index contributed by atoms with van der Waals surface area (Å²) in [6, 6.07) is 22.8. The molecule has 4 N–H and O–H groups in total. The lowest BCUT2D eigenvalue weighted by Gasteiger charge is -2.34. The molecule has 3 aliphatic rings. The van der Waals surface area contributed by atoms with Crippen LogP contribution in [0, 0.1) is 22.7 Å². The predicted molar refractivity (Wildman–Crippen MR) is 190 cm³/mol. The topological polar surface area (TPSA) is 135 Å². The molecule has 0 aliphatic carbocycles. The Kier molecular flexibility index (Phi) is 9.96. The number of hydrogen-bond acceptors (Lipinski definition) is 8. The van der Waals surface area contributed by atoms with E-state index in [9.17, 15) is 28.5 Å². The summed E-state index contributed by atoms with van der Waals surface area (Å²) in [5.41, 5.74) is 11.2. The number of amides is 1. The number of likely N-dealkylation sites (tertiary alicyclic amines) is 2. The molecule has 270 valence electrons. The molecule has 3 aromatic carbocycles. The monoisotopic (exact) mass is 710 g/mol. The maximum Gasteiger partial charge on any atom is 0.573 e. The van der Waals surface area contributed by atoms with E-state index in [-0.39, 0.29) is 11.7 Å². The third-order valence-electron chi connectivity index (χ3n) is 10.8. The molecule has 2 unspecified atom stereocenters. The molecule has 0 radical (unpaired) electrons. The number of piperidine rings is 1. The number of hydrogen-bond donors (Lipinski definition) is 3. The zero-order valence-electron chi connectivity index (χ0n) is 28.8. The molecule has 4 aromatic rings. The molecule has 3 fully saturated rings. The van der Waals surface area contributed by atoms with Crippen LogP contribution in [0.1, 0.15) is 47.9 Å². The molecule has 52 heavy (non-hydrogen) atoms. The molecule has 13 heteroatoms. The summed E-state index contributed by atoms with van der Waals surface area (Å²) < 4.78 is 44.8. The summed E-state index contributed by atoms with van der Waals surface area (Å²) in [6.45, 7) is 5.57. The number of halogens is 3. The fraction of sp³-hybridized carbons (Fsp3) is 0.410. The van der Waals surface area contributed by atoms with Gasteiger partial charge in [-0.3, -0.25) is 14.6 Å². The van der Waals surface area contributed by atoms with Crippen molar-refractivity contribution in [1.29, 1.82) is 10.5 Å². The molecular weight excluding hydrogens is 669 g/mol. The van der Waals surface area contributed by atoms with Crippen LogP contribution >= 0.6 is 0 Å². The molecule has 10 nitrogen and oxygen atoms in total. The average Bonchev–Trinajstić information content (AvgIpc) is 3.82. The van der Waals surface area contributed by atoms with Crippen LogP contribution in [0.4, 0.5) is 13.2 Å². The minimum absolute atomic E-state index is 0.129. The van der Waals surface area contributed by atoms with Crippen LogP contribution in [0.2, 0.25) is 0 Å². The molecule has 3 saturated heterocycles. The normalized spacial score (nSPS) is 20.1. The Morgan fingerprint density at radius 3 is 2.29 bits per heavy atom. The number of alkyl halides is 3. The number of nitrogens with zero attached hydrogens (tertiary/aromatic N) is 5. The van der Waals surface area contributed by atoms with Gasteiger partial charge in [0.2, 0.25) is 5.91 Å². The first-order valence-electron chi connectivity index (χ1n) is 17.7. The predicted octanol–water partition coefficient (Wildman–Crippen LogP) is 5.00. The van der Waals surface area contributed by atoms with Gasteiger partial charge in [0.25, 0.3) is 0 Å². The number of rotatable bonds is 11. The third kappa shape index (κ3) is 7.50. The number of carbonyl (C=O) groups excluding carboxylic acids is 1. The maximum absolute atomic E-state index is 12.9. The summed E-state index contributed by atoms with van der Waals surface area (Å²) >= 11 is 0. The number of nitriles is 2. The van der Waals surface area contributed by atoms with Crippen molar-refractivity contribution in [3.63, 3.8) is 0 Å². The Hall–Kier alpha value is -4.92. The lowest BCUT2D eigenvalue weighted by Crippen LogP contribution is -2.59. The molecule has 0 saturated carbocycles. The summed E-state index contributed by atoms with van der Waals surface area (Å²) in [6.07, 6.45) is 0.133. The first-order chi connectivity index (χ1) is 25.0. The van der Waals surface area contributed by atoms with E-state index in [0.29, 0.717) is 75.2 Å². The van der Waals surface area contributed by atoms with E-state index in [0.717, 1.165) is 59.2 Å². The van der Waals surface area contributed by atoms with E-state index in [1.807, 2.05) is 6.20 Å². The number of nitrogens with two attached hydrogens (primary N) is 1. The van der Waals surface area contributed by atoms with Gasteiger partial charge in [0.1, 0.15) is 5.75 Å². The summed E-state index contributed by atoms with van der Waals surface area (Å²) in [7, 11) is 0. The summed E-state index contributed by atoms with van der Waals surface area (Å²) in [4.78, 5) is 17.7. The molecule has 2 atom stereocenters. The second-order valence-electron chi connectivity index (χ2n) is 14.1. The number of ether oxygens (including phenoxy) is 1. The van der Waals surface area contributed by atoms with Gasteiger partial charge in [-0.05, 0) is 86.3 Å². The largest absolute Gasteiger partial charge is 0.573 e. The highest BCUT2D eigenvalue weighted by atomic mass is 19.4. The van der Waals surface area contributed by atoms with Crippen LogP contribution in [0.5, 0.6) is 5.75 Å². The molecule has 3 aliphatic heterocycles. The van der Waals surface area contributed by atoms with Crippen molar-refractivity contribution in [3.05, 3.63) is 89.1 Å². The van der Waals surface area contributed by atoms with Crippen molar-refractivity contribution in [2.24, 2.45) is 5.73 Å². The van der Waals surface area contributed by atoms with Crippen molar-refractivity contribution in [2.45, 2.75) is 69.3 Å². The Balaban J connectivity index is 1.07. The highest BCUT2D eigenvalue weighted by Crippen LogP contribution is 2.37. The highest BCUT2D eigenvalue weighted by molar-refractivity contribution is 5.96. The lowest BCUT2D eigenvalue weighted by molar-refractivity contribution is -0.274. The van der Waals surface area contributed by atoms with Gasteiger partial charge in [0.15, 0.2) is 0 Å². The van der Waals surface area contributed by atoms with Gasteiger partial charge in [0, 0.05) is 79.6 Å². The zero-order valence-corrected chi connectivity index (χ0v) is 28.8. The van der Waals surface area contributed by atoms with Crippen molar-refractivity contribution in [2.75, 3.05) is 32.7 Å². The van der Waals surface area contributed by atoms with E-state index in [4.69, 9.17) is 5.73 Å². The fourth-order valence-corrected chi connectivity index (χ4v) is 8.04. The smallest absolute Gasteiger partial charge is 0.406 e. The molecule has 4 heterocycles. The van der Waals surface area contributed by atoms with Gasteiger partial charge in [-0.15, -0.1) is 13.2 Å². The molecule has 7 rings (SSSR count). The summed E-state index contributed by atoms with van der Waals surface area (Å²) in [5, 5.41) is 26.5. The van der Waals surface area contributed by atoms with E-state index < -0.39 is 11.9 Å². The van der Waals surface area contributed by atoms with Crippen molar-refractivity contribution in [1.82, 2.24) is 25.0 Å². The summed E-state index contributed by atoms with van der Waals surface area (Å²) in [5.74, 6) is -0.406. The van der Waals surface area contributed by atoms with Gasteiger partial charge in [-0.1, -0.05) is 24.3 Å². The van der Waals surface area contributed by atoms with Gasteiger partial charge in [0.05, 0.1) is 28.8 Å². The van der Waals surface area contributed by atoms with Gasteiger partial charge >= 0.3 is 6.36 Å². The van der Waals surface area contributed by atoms with Crippen molar-refractivity contribution < 1.29 is 22.7 Å². The molecule has 2 bridgehead atoms. The van der Waals surface area contributed by atoms with Crippen LogP contribution in [0.15, 0.2) is 66.9 Å². The molecule has 1 amide bonds. The maximum atomic E-state index is 12.9. The first-order valence-corrected chi connectivity index (χ1v) is 17.7. The minimum Gasteiger partial charge on any atom is -0.406 e. The van der Waals surface area contributed by atoms with E-state index >= 15 is 0 Å². The minimum atomic E-state index is -4.77. The van der Waals surface area contributed by atoms with Crippen LogP contribution in [-0.2, 0) is 24.4 Å². The van der Waals surface area contributed by atoms with Crippen molar-refractivity contribution >= 4 is 16.8 Å². The Labute approximate surface area is 300 Å². The zero-order chi connectivity index (χ0) is 36.5. The molecular formula is C39H41F3N8O2. The van der Waals surface area contributed by atoms with E-state index in [1.165, 1.54) is 12.1 Å². The quantitative estimate of drug-likeness (QED) is 0.185.